The number of carbonyl (C=O) groups excluding carboxylic acids is 1. The molecule has 10 nitrogen and oxygen atoms in total. The van der Waals surface area contributed by atoms with Crippen molar-refractivity contribution in [3.05, 3.63) is 60.2 Å². The predicted octanol–water partition coefficient (Wildman–Crippen LogP) is 3.50. The summed E-state index contributed by atoms with van der Waals surface area (Å²) in [6.45, 7) is 4.36. The summed E-state index contributed by atoms with van der Waals surface area (Å²) in [4.78, 5) is 12.8. The molecule has 3 rings (SSSR count). The standard InChI is InChI=1S/C29H39N3O7S/c1-29(2,15-7-16-30)21-32(40(35,36)25-12-10-23(37-3)11-13-25)19-27(33)26(18-22-8-5-4-6-9-22)31-28(34)39-24-14-17-38-20-24/h4-6,8-13,24,26-27,33H,7,14-15,17-21H2,1-3H3,(H,31,34)/t24-,26-,27-/m0/s1. The van der Waals surface area contributed by atoms with Gasteiger partial charge in [-0.05, 0) is 48.1 Å². The third-order valence-corrected chi connectivity index (χ3v) is 8.66. The summed E-state index contributed by atoms with van der Waals surface area (Å²) in [5.41, 5.74) is 0.300. The molecule has 0 unspecified atom stereocenters. The fourth-order valence-electron chi connectivity index (χ4n) is 4.52. The molecule has 0 radical (unpaired) electrons. The number of hydrogen-bond acceptors (Lipinski definition) is 8. The normalized spacial score (nSPS) is 17.1. The van der Waals surface area contributed by atoms with Gasteiger partial charge in [-0.3, -0.25) is 0 Å². The molecule has 2 aromatic rings. The number of sulfonamides is 1. The molecule has 218 valence electrons. The summed E-state index contributed by atoms with van der Waals surface area (Å²) in [7, 11) is -2.56. The van der Waals surface area contributed by atoms with E-state index >= 15 is 0 Å². The Morgan fingerprint density at radius 2 is 1.93 bits per heavy atom. The number of nitrogens with one attached hydrogen (secondary N) is 1. The van der Waals surface area contributed by atoms with E-state index in [9.17, 15) is 18.3 Å². The minimum absolute atomic E-state index is 0.0461. The minimum Gasteiger partial charge on any atom is -0.497 e. The average Bonchev–Trinajstić information content (AvgIpc) is 3.44. The number of hydrogen-bond donors (Lipinski definition) is 2. The van der Waals surface area contributed by atoms with Crippen LogP contribution in [0.1, 0.15) is 38.7 Å². The topological polar surface area (TPSA) is 138 Å². The van der Waals surface area contributed by atoms with E-state index in [1.54, 1.807) is 12.1 Å². The van der Waals surface area contributed by atoms with E-state index < -0.39 is 33.7 Å². The van der Waals surface area contributed by atoms with Gasteiger partial charge in [-0.15, -0.1) is 0 Å². The number of benzene rings is 2. The summed E-state index contributed by atoms with van der Waals surface area (Å²) < 4.78 is 44.8. The number of carbonyl (C=O) groups is 1. The summed E-state index contributed by atoms with van der Waals surface area (Å²) >= 11 is 0. The maximum absolute atomic E-state index is 13.8. The third kappa shape index (κ3) is 9.20. The van der Waals surface area contributed by atoms with Crippen molar-refractivity contribution in [2.75, 3.05) is 33.4 Å². The number of aliphatic hydroxyl groups is 1. The van der Waals surface area contributed by atoms with Crippen molar-refractivity contribution in [3.8, 4) is 11.8 Å². The van der Waals surface area contributed by atoms with Crippen molar-refractivity contribution < 1.29 is 32.5 Å². The van der Waals surface area contributed by atoms with E-state index in [1.807, 2.05) is 44.2 Å². The van der Waals surface area contributed by atoms with Crippen molar-refractivity contribution in [1.29, 1.82) is 5.26 Å². The summed E-state index contributed by atoms with van der Waals surface area (Å²) in [6.07, 6.45) is -0.766. The molecule has 0 aliphatic carbocycles. The second-order valence-electron chi connectivity index (χ2n) is 10.7. The van der Waals surface area contributed by atoms with Crippen LogP contribution < -0.4 is 10.1 Å². The maximum Gasteiger partial charge on any atom is 0.407 e. The lowest BCUT2D eigenvalue weighted by Crippen LogP contribution is -2.52. The molecule has 40 heavy (non-hydrogen) atoms. The molecular formula is C29H39N3O7S. The van der Waals surface area contributed by atoms with Crippen LogP contribution in [-0.4, -0.2) is 75.6 Å². The quantitative estimate of drug-likeness (QED) is 0.350. The SMILES string of the molecule is COc1ccc(S(=O)(=O)N(C[C@H](O)[C@H](Cc2ccccc2)NC(=O)O[C@H]2CCOC2)CC(C)(C)CCC#N)cc1. The molecule has 1 saturated heterocycles. The number of methoxy groups -OCH3 is 1. The molecule has 11 heteroatoms. The zero-order valence-electron chi connectivity index (χ0n) is 23.3. The van der Waals surface area contributed by atoms with Crippen LogP contribution in [0, 0.1) is 16.7 Å². The zero-order chi connectivity index (χ0) is 29.2. The zero-order valence-corrected chi connectivity index (χ0v) is 24.1. The smallest absolute Gasteiger partial charge is 0.407 e. The van der Waals surface area contributed by atoms with Crippen molar-refractivity contribution in [1.82, 2.24) is 9.62 Å². The number of rotatable bonds is 14. The monoisotopic (exact) mass is 573 g/mol. The fraction of sp³-hybridized carbons (Fsp3) is 0.517. The Morgan fingerprint density at radius 1 is 1.23 bits per heavy atom. The number of nitriles is 1. The number of amides is 1. The van der Waals surface area contributed by atoms with Crippen LogP contribution in [0.5, 0.6) is 5.75 Å². The molecule has 0 spiro atoms. The molecule has 1 heterocycles. The number of alkyl carbamates (subject to hydrolysis) is 1. The third-order valence-electron chi connectivity index (χ3n) is 6.83. The number of ether oxygens (including phenoxy) is 3. The van der Waals surface area contributed by atoms with Crippen LogP contribution in [0.4, 0.5) is 4.79 Å². The van der Waals surface area contributed by atoms with E-state index in [4.69, 9.17) is 19.5 Å². The Balaban J connectivity index is 1.87. The van der Waals surface area contributed by atoms with Gasteiger partial charge in [0.05, 0.1) is 43.4 Å². The molecule has 0 aromatic heterocycles. The lowest BCUT2D eigenvalue weighted by atomic mass is 9.88. The Morgan fingerprint density at radius 3 is 2.52 bits per heavy atom. The largest absolute Gasteiger partial charge is 0.497 e. The molecule has 1 aliphatic heterocycles. The van der Waals surface area contributed by atoms with Crippen LogP contribution in [0.3, 0.4) is 0 Å². The Bertz CT molecular complexity index is 1220. The van der Waals surface area contributed by atoms with Gasteiger partial charge in [0.15, 0.2) is 0 Å². The first-order chi connectivity index (χ1) is 19.0. The first kappa shape index (κ1) is 31.4. The van der Waals surface area contributed by atoms with Gasteiger partial charge in [0.25, 0.3) is 0 Å². The Kier molecular flexibility index (Phi) is 11.3. The van der Waals surface area contributed by atoms with Gasteiger partial charge in [-0.25, -0.2) is 13.2 Å². The van der Waals surface area contributed by atoms with Gasteiger partial charge in [0.1, 0.15) is 11.9 Å². The van der Waals surface area contributed by atoms with E-state index in [-0.39, 0.29) is 36.9 Å². The van der Waals surface area contributed by atoms with E-state index in [0.717, 1.165) is 5.56 Å². The summed E-state index contributed by atoms with van der Waals surface area (Å²) in [5, 5.41) is 23.3. The van der Waals surface area contributed by atoms with E-state index in [2.05, 4.69) is 11.4 Å². The molecule has 2 aromatic carbocycles. The van der Waals surface area contributed by atoms with Crippen molar-refractivity contribution in [3.63, 3.8) is 0 Å². The van der Waals surface area contributed by atoms with Gasteiger partial charge in [-0.1, -0.05) is 44.2 Å². The fourth-order valence-corrected chi connectivity index (χ4v) is 6.17. The van der Waals surface area contributed by atoms with Gasteiger partial charge < -0.3 is 24.6 Å². The molecule has 2 N–H and O–H groups in total. The minimum atomic E-state index is -4.06. The van der Waals surface area contributed by atoms with Crippen molar-refractivity contribution >= 4 is 16.1 Å². The second kappa shape index (κ2) is 14.5. The van der Waals surface area contributed by atoms with Crippen LogP contribution in [0.25, 0.3) is 0 Å². The van der Waals surface area contributed by atoms with Crippen molar-refractivity contribution in [2.24, 2.45) is 5.41 Å². The van der Waals surface area contributed by atoms with Crippen LogP contribution >= 0.6 is 0 Å². The Hall–Kier alpha value is -3.17. The first-order valence-electron chi connectivity index (χ1n) is 13.3. The highest BCUT2D eigenvalue weighted by atomic mass is 32.2. The molecule has 3 atom stereocenters. The molecular weight excluding hydrogens is 534 g/mol. The van der Waals surface area contributed by atoms with E-state index in [1.165, 1.54) is 23.5 Å². The molecule has 1 amide bonds. The molecule has 1 aliphatic rings. The van der Waals surface area contributed by atoms with Gasteiger partial charge in [0, 0.05) is 25.9 Å². The Labute approximate surface area is 236 Å². The van der Waals surface area contributed by atoms with Crippen molar-refractivity contribution in [2.45, 2.75) is 62.7 Å². The van der Waals surface area contributed by atoms with Crippen LogP contribution in [-0.2, 0) is 25.9 Å². The van der Waals surface area contributed by atoms with Crippen LogP contribution in [0.2, 0.25) is 0 Å². The highest BCUT2D eigenvalue weighted by molar-refractivity contribution is 7.89. The second-order valence-corrected chi connectivity index (χ2v) is 12.6. The molecule has 0 bridgehead atoms. The van der Waals surface area contributed by atoms with Crippen LogP contribution in [0.15, 0.2) is 59.5 Å². The maximum atomic E-state index is 13.8. The summed E-state index contributed by atoms with van der Waals surface area (Å²) in [5.74, 6) is 0.512. The lowest BCUT2D eigenvalue weighted by Gasteiger charge is -2.34. The highest BCUT2D eigenvalue weighted by Crippen LogP contribution is 2.28. The molecule has 0 saturated carbocycles. The summed E-state index contributed by atoms with van der Waals surface area (Å²) in [6, 6.07) is 16.6. The first-order valence-corrected chi connectivity index (χ1v) is 14.8. The van der Waals surface area contributed by atoms with E-state index in [0.29, 0.717) is 31.8 Å². The predicted molar refractivity (Wildman–Crippen MR) is 149 cm³/mol. The van der Waals surface area contributed by atoms with Gasteiger partial charge in [-0.2, -0.15) is 9.57 Å². The average molecular weight is 574 g/mol. The lowest BCUT2D eigenvalue weighted by molar-refractivity contribution is 0.0625. The highest BCUT2D eigenvalue weighted by Gasteiger charge is 2.35. The number of aliphatic hydroxyl groups excluding tert-OH is 1. The van der Waals surface area contributed by atoms with Gasteiger partial charge >= 0.3 is 6.09 Å². The van der Waals surface area contributed by atoms with Gasteiger partial charge in [0.2, 0.25) is 10.0 Å². The molecule has 1 fully saturated rings. The number of nitrogens with zero attached hydrogens (tertiary/aromatic N) is 2.